The van der Waals surface area contributed by atoms with Crippen molar-refractivity contribution in [2.75, 3.05) is 7.11 Å². The maximum Gasteiger partial charge on any atom is 0.165 e. The predicted octanol–water partition coefficient (Wildman–Crippen LogP) is 1.28. The molecule has 2 rings (SSSR count). The molecule has 1 atom stereocenters. The summed E-state index contributed by atoms with van der Waals surface area (Å²) < 4.78 is 20.5. The third-order valence-electron chi connectivity index (χ3n) is 2.78. The van der Waals surface area contributed by atoms with Crippen molar-refractivity contribution in [2.45, 2.75) is 6.04 Å². The fourth-order valence-electron chi connectivity index (χ4n) is 1.83. The van der Waals surface area contributed by atoms with Gasteiger partial charge in [0.05, 0.1) is 18.8 Å². The molecular weight excluding hydrogens is 317 g/mol. The first-order valence-electron chi connectivity index (χ1n) is 5.43. The summed E-state index contributed by atoms with van der Waals surface area (Å²) in [6, 6.07) is 4.15. The lowest BCUT2D eigenvalue weighted by atomic mass is 10.0. The Morgan fingerprint density at radius 2 is 2.26 bits per heavy atom. The summed E-state index contributed by atoms with van der Waals surface area (Å²) in [6.07, 6.45) is 0. The zero-order chi connectivity index (χ0) is 14.0. The van der Waals surface area contributed by atoms with E-state index in [0.717, 1.165) is 11.3 Å². The number of nitrogens with zero attached hydrogens (tertiary/aromatic N) is 3. The molecule has 102 valence electrons. The molecule has 0 spiro atoms. The van der Waals surface area contributed by atoms with Crippen LogP contribution in [0.2, 0.25) is 0 Å². The topological polar surface area (TPSA) is 78.0 Å². The molecule has 0 saturated carbocycles. The summed E-state index contributed by atoms with van der Waals surface area (Å²) in [5.74, 6) is 5.32. The predicted molar refractivity (Wildman–Crippen MR) is 70.8 cm³/mol. The highest BCUT2D eigenvalue weighted by molar-refractivity contribution is 9.10. The number of aryl methyl sites for hydroxylation is 1. The van der Waals surface area contributed by atoms with E-state index in [-0.39, 0.29) is 11.8 Å². The first kappa shape index (κ1) is 13.9. The third kappa shape index (κ3) is 2.60. The minimum Gasteiger partial charge on any atom is -0.494 e. The van der Waals surface area contributed by atoms with Gasteiger partial charge in [-0.05, 0) is 33.6 Å². The molecule has 1 heterocycles. The number of hydrogen-bond acceptors (Lipinski definition) is 5. The number of nitrogens with two attached hydrogens (primary N) is 1. The van der Waals surface area contributed by atoms with Crippen molar-refractivity contribution in [3.8, 4) is 5.75 Å². The van der Waals surface area contributed by atoms with E-state index in [1.165, 1.54) is 13.2 Å². The van der Waals surface area contributed by atoms with Crippen LogP contribution < -0.4 is 16.0 Å². The molecule has 8 heteroatoms. The van der Waals surface area contributed by atoms with E-state index < -0.39 is 5.82 Å². The maximum atomic E-state index is 13.4. The normalized spacial score (nSPS) is 12.5. The van der Waals surface area contributed by atoms with Crippen LogP contribution in [0, 0.1) is 5.82 Å². The van der Waals surface area contributed by atoms with Gasteiger partial charge >= 0.3 is 0 Å². The summed E-state index contributed by atoms with van der Waals surface area (Å²) in [7, 11) is 3.16. The molecule has 1 unspecified atom stereocenters. The second-order valence-corrected chi connectivity index (χ2v) is 4.63. The van der Waals surface area contributed by atoms with E-state index in [0.29, 0.717) is 4.60 Å². The third-order valence-corrected chi connectivity index (χ3v) is 3.34. The van der Waals surface area contributed by atoms with Gasteiger partial charge in [0.15, 0.2) is 16.2 Å². The van der Waals surface area contributed by atoms with Crippen LogP contribution in [0.25, 0.3) is 0 Å². The molecule has 0 aliphatic rings. The fraction of sp³-hybridized carbons (Fsp3) is 0.273. The van der Waals surface area contributed by atoms with Gasteiger partial charge in [-0.1, -0.05) is 11.3 Å². The Kier molecular flexibility index (Phi) is 4.13. The summed E-state index contributed by atoms with van der Waals surface area (Å²) >= 11 is 3.31. The van der Waals surface area contributed by atoms with Crippen molar-refractivity contribution in [1.29, 1.82) is 0 Å². The molecular formula is C11H13BrFN5O. The van der Waals surface area contributed by atoms with Crippen LogP contribution in [0.3, 0.4) is 0 Å². The molecule has 2 aromatic rings. The molecule has 0 bridgehead atoms. The monoisotopic (exact) mass is 329 g/mol. The van der Waals surface area contributed by atoms with Gasteiger partial charge in [-0.25, -0.2) is 14.5 Å². The molecule has 0 radical (unpaired) electrons. The van der Waals surface area contributed by atoms with Gasteiger partial charge in [-0.15, -0.1) is 5.10 Å². The molecule has 6 nitrogen and oxygen atoms in total. The van der Waals surface area contributed by atoms with Crippen LogP contribution in [0.4, 0.5) is 4.39 Å². The molecule has 0 fully saturated rings. The number of aromatic nitrogens is 3. The van der Waals surface area contributed by atoms with Crippen molar-refractivity contribution in [1.82, 2.24) is 20.4 Å². The van der Waals surface area contributed by atoms with E-state index in [4.69, 9.17) is 10.6 Å². The van der Waals surface area contributed by atoms with Crippen LogP contribution in [0.1, 0.15) is 17.3 Å². The summed E-state index contributed by atoms with van der Waals surface area (Å²) in [5, 5.41) is 7.79. The highest BCUT2D eigenvalue weighted by Crippen LogP contribution is 2.29. The Balaban J connectivity index is 2.48. The van der Waals surface area contributed by atoms with Crippen LogP contribution in [0.5, 0.6) is 5.75 Å². The number of benzene rings is 1. The Bertz CT molecular complexity index is 569. The second-order valence-electron chi connectivity index (χ2n) is 3.88. The zero-order valence-corrected chi connectivity index (χ0v) is 12.0. The molecule has 1 aromatic heterocycles. The van der Waals surface area contributed by atoms with Gasteiger partial charge in [0.1, 0.15) is 0 Å². The highest BCUT2D eigenvalue weighted by Gasteiger charge is 2.22. The second kappa shape index (κ2) is 5.64. The zero-order valence-electron chi connectivity index (χ0n) is 10.4. The number of methoxy groups -OCH3 is 1. The van der Waals surface area contributed by atoms with Gasteiger partial charge < -0.3 is 4.74 Å². The van der Waals surface area contributed by atoms with Crippen molar-refractivity contribution >= 4 is 15.9 Å². The van der Waals surface area contributed by atoms with Gasteiger partial charge in [0.25, 0.3) is 0 Å². The Hall–Kier alpha value is -1.51. The van der Waals surface area contributed by atoms with E-state index in [2.05, 4.69) is 31.7 Å². The molecule has 1 aromatic carbocycles. The van der Waals surface area contributed by atoms with Crippen molar-refractivity contribution in [2.24, 2.45) is 12.9 Å². The minimum absolute atomic E-state index is 0.156. The van der Waals surface area contributed by atoms with Gasteiger partial charge in [0.2, 0.25) is 0 Å². The van der Waals surface area contributed by atoms with Crippen LogP contribution in [-0.2, 0) is 7.05 Å². The van der Waals surface area contributed by atoms with Crippen LogP contribution in [0.15, 0.2) is 22.8 Å². The maximum absolute atomic E-state index is 13.4. The Labute approximate surface area is 117 Å². The van der Waals surface area contributed by atoms with Gasteiger partial charge in [-0.3, -0.25) is 5.84 Å². The lowest BCUT2D eigenvalue weighted by molar-refractivity contribution is 0.385. The average Bonchev–Trinajstić information content (AvgIpc) is 2.73. The molecule has 3 N–H and O–H groups in total. The quantitative estimate of drug-likeness (QED) is 0.652. The molecule has 19 heavy (non-hydrogen) atoms. The smallest absolute Gasteiger partial charge is 0.165 e. The van der Waals surface area contributed by atoms with E-state index >= 15 is 0 Å². The van der Waals surface area contributed by atoms with E-state index in [1.54, 1.807) is 23.9 Å². The van der Waals surface area contributed by atoms with Gasteiger partial charge in [-0.2, -0.15) is 0 Å². The van der Waals surface area contributed by atoms with Crippen molar-refractivity contribution in [3.05, 3.63) is 39.9 Å². The number of nitrogens with one attached hydrogen (secondary N) is 1. The first-order chi connectivity index (χ1) is 9.08. The molecule has 0 saturated heterocycles. The van der Waals surface area contributed by atoms with Crippen molar-refractivity contribution in [3.63, 3.8) is 0 Å². The first-order valence-corrected chi connectivity index (χ1v) is 6.22. The van der Waals surface area contributed by atoms with Gasteiger partial charge in [0, 0.05) is 7.05 Å². The fourth-order valence-corrected chi connectivity index (χ4v) is 2.39. The largest absolute Gasteiger partial charge is 0.494 e. The number of hydrogen-bond donors (Lipinski definition) is 2. The Morgan fingerprint density at radius 3 is 2.79 bits per heavy atom. The Morgan fingerprint density at radius 1 is 1.53 bits per heavy atom. The van der Waals surface area contributed by atoms with E-state index in [9.17, 15) is 4.39 Å². The minimum atomic E-state index is -0.427. The molecule has 0 amide bonds. The van der Waals surface area contributed by atoms with Crippen LogP contribution in [-0.4, -0.2) is 22.1 Å². The number of halogens is 2. The standard InChI is InChI=1S/C11H13BrFN5O/c1-18-10(11(12)16-17-18)9(15-14)6-3-4-7(13)8(5-6)19-2/h3-5,9,15H,14H2,1-2H3. The summed E-state index contributed by atoms with van der Waals surface area (Å²) in [6.45, 7) is 0. The lowest BCUT2D eigenvalue weighted by Gasteiger charge is -2.17. The summed E-state index contributed by atoms with van der Waals surface area (Å²) in [5.41, 5.74) is 4.14. The van der Waals surface area contributed by atoms with Crippen LogP contribution >= 0.6 is 15.9 Å². The highest BCUT2D eigenvalue weighted by atomic mass is 79.9. The molecule has 0 aliphatic carbocycles. The van der Waals surface area contributed by atoms with Crippen molar-refractivity contribution < 1.29 is 9.13 Å². The number of ether oxygens (including phenoxy) is 1. The SMILES string of the molecule is COc1cc(C(NN)c2c(Br)nnn2C)ccc1F. The number of rotatable bonds is 4. The van der Waals surface area contributed by atoms with E-state index in [1.807, 2.05) is 0 Å². The number of hydrazine groups is 1. The summed E-state index contributed by atoms with van der Waals surface area (Å²) in [4.78, 5) is 0. The average molecular weight is 330 g/mol. The lowest BCUT2D eigenvalue weighted by Crippen LogP contribution is -2.30. The molecule has 0 aliphatic heterocycles.